The van der Waals surface area contributed by atoms with Gasteiger partial charge in [0.25, 0.3) is 5.91 Å². The normalized spacial score (nSPS) is 10.9. The molecule has 0 aliphatic rings. The van der Waals surface area contributed by atoms with Gasteiger partial charge in [0, 0.05) is 5.02 Å². The van der Waals surface area contributed by atoms with Crippen LogP contribution < -0.4 is 10.1 Å². The van der Waals surface area contributed by atoms with Crippen LogP contribution in [0.4, 0.5) is 5.69 Å². The molecule has 0 fully saturated rings. The van der Waals surface area contributed by atoms with Crippen LogP contribution in [0.15, 0.2) is 59.0 Å². The number of rotatable bonds is 7. The highest BCUT2D eigenvalue weighted by atomic mass is 35.5. The van der Waals surface area contributed by atoms with E-state index in [9.17, 15) is 4.79 Å². The number of furan rings is 1. The molecule has 6 nitrogen and oxygen atoms in total. The van der Waals surface area contributed by atoms with E-state index in [-0.39, 0.29) is 18.3 Å². The predicted molar refractivity (Wildman–Crippen MR) is 130 cm³/mol. The van der Waals surface area contributed by atoms with E-state index in [0.717, 1.165) is 11.3 Å². The van der Waals surface area contributed by atoms with Crippen molar-refractivity contribution in [1.29, 1.82) is 0 Å². The zero-order valence-corrected chi connectivity index (χ0v) is 20.1. The van der Waals surface area contributed by atoms with Crippen molar-refractivity contribution in [3.8, 4) is 5.75 Å². The van der Waals surface area contributed by atoms with E-state index < -0.39 is 0 Å². The van der Waals surface area contributed by atoms with E-state index >= 15 is 0 Å². The summed E-state index contributed by atoms with van der Waals surface area (Å²) < 4.78 is 13.1. The van der Waals surface area contributed by atoms with Gasteiger partial charge in [0.2, 0.25) is 0 Å². The summed E-state index contributed by atoms with van der Waals surface area (Å²) in [4.78, 5) is 12.8. The molecule has 0 aliphatic carbocycles. The van der Waals surface area contributed by atoms with E-state index in [2.05, 4.69) is 10.4 Å². The third-order valence-corrected chi connectivity index (χ3v) is 6.24. The number of nitrogens with zero attached hydrogens (tertiary/aromatic N) is 2. The number of carbonyl (C=O) groups is 1. The first-order valence-corrected chi connectivity index (χ1v) is 11.2. The zero-order valence-electron chi connectivity index (χ0n) is 17.9. The van der Waals surface area contributed by atoms with Gasteiger partial charge in [-0.1, -0.05) is 59.1 Å². The molecule has 170 valence electrons. The van der Waals surface area contributed by atoms with Crippen LogP contribution in [-0.2, 0) is 13.2 Å². The molecule has 2 aromatic carbocycles. The molecule has 0 bridgehead atoms. The highest BCUT2D eigenvalue weighted by molar-refractivity contribution is 6.42. The largest absolute Gasteiger partial charge is 0.484 e. The molecule has 0 unspecified atom stereocenters. The summed E-state index contributed by atoms with van der Waals surface area (Å²) in [7, 11) is 0. The quantitative estimate of drug-likeness (QED) is 0.296. The Morgan fingerprint density at radius 2 is 1.79 bits per heavy atom. The van der Waals surface area contributed by atoms with E-state index in [1.165, 1.54) is 0 Å². The van der Waals surface area contributed by atoms with Gasteiger partial charge in [0.05, 0.1) is 28.6 Å². The van der Waals surface area contributed by atoms with E-state index in [4.69, 9.17) is 44.0 Å². The number of carbonyl (C=O) groups excluding carboxylic acids is 1. The molecule has 0 aliphatic heterocycles. The molecule has 0 atom stereocenters. The van der Waals surface area contributed by atoms with Crippen molar-refractivity contribution in [2.24, 2.45) is 0 Å². The maximum absolute atomic E-state index is 12.8. The van der Waals surface area contributed by atoms with Gasteiger partial charge in [-0.2, -0.15) is 5.10 Å². The Labute approximate surface area is 206 Å². The fourth-order valence-electron chi connectivity index (χ4n) is 3.32. The summed E-state index contributed by atoms with van der Waals surface area (Å²) in [5.41, 5.74) is 3.08. The predicted octanol–water partition coefficient (Wildman–Crippen LogP) is 6.93. The zero-order chi connectivity index (χ0) is 23.5. The Bertz CT molecular complexity index is 1310. The van der Waals surface area contributed by atoms with Crippen LogP contribution in [0.2, 0.25) is 15.1 Å². The molecular weight excluding hydrogens is 485 g/mol. The average Bonchev–Trinajstić information content (AvgIpc) is 3.37. The molecular formula is C24H20Cl3N3O3. The van der Waals surface area contributed by atoms with E-state index in [0.29, 0.717) is 44.5 Å². The van der Waals surface area contributed by atoms with Crippen LogP contribution in [0.1, 0.15) is 33.3 Å². The number of ether oxygens (including phenoxy) is 1. The van der Waals surface area contributed by atoms with Crippen LogP contribution in [0, 0.1) is 13.8 Å². The number of amides is 1. The van der Waals surface area contributed by atoms with Gasteiger partial charge in [-0.05, 0) is 49.7 Å². The lowest BCUT2D eigenvalue weighted by atomic mass is 10.2. The van der Waals surface area contributed by atoms with Crippen LogP contribution in [0.3, 0.4) is 0 Å². The summed E-state index contributed by atoms with van der Waals surface area (Å²) in [6, 6.07) is 16.0. The SMILES string of the molecule is Cc1nn(Cc2ccccc2Cl)c(C)c1NC(=O)c1ccc(COc2cccc(Cl)c2Cl)o1. The van der Waals surface area contributed by atoms with Crippen LogP contribution in [0.5, 0.6) is 5.75 Å². The van der Waals surface area contributed by atoms with Gasteiger partial charge in [-0.25, -0.2) is 0 Å². The van der Waals surface area contributed by atoms with Crippen molar-refractivity contribution in [3.63, 3.8) is 0 Å². The second-order valence-electron chi connectivity index (χ2n) is 7.36. The molecule has 4 aromatic rings. The summed E-state index contributed by atoms with van der Waals surface area (Å²) in [5.74, 6) is 0.678. The van der Waals surface area contributed by atoms with Gasteiger partial charge in [-0.3, -0.25) is 9.48 Å². The first-order valence-electron chi connectivity index (χ1n) is 10.1. The molecule has 0 radical (unpaired) electrons. The fourth-order valence-corrected chi connectivity index (χ4v) is 3.86. The fraction of sp³-hybridized carbons (Fsp3) is 0.167. The Morgan fingerprint density at radius 1 is 1.03 bits per heavy atom. The molecule has 1 amide bonds. The van der Waals surface area contributed by atoms with Crippen LogP contribution in [-0.4, -0.2) is 15.7 Å². The third kappa shape index (κ3) is 5.19. The topological polar surface area (TPSA) is 69.3 Å². The number of aromatic nitrogens is 2. The number of benzene rings is 2. The van der Waals surface area contributed by atoms with E-state index in [1.807, 2.05) is 42.8 Å². The maximum atomic E-state index is 12.8. The molecule has 0 saturated carbocycles. The first kappa shape index (κ1) is 23.2. The summed E-state index contributed by atoms with van der Waals surface area (Å²) >= 11 is 18.4. The van der Waals surface area contributed by atoms with Crippen molar-refractivity contribution >= 4 is 46.4 Å². The minimum Gasteiger partial charge on any atom is -0.484 e. The highest BCUT2D eigenvalue weighted by Gasteiger charge is 2.18. The number of aryl methyl sites for hydroxylation is 1. The Hall–Kier alpha value is -2.93. The van der Waals surface area contributed by atoms with Gasteiger partial charge in [-0.15, -0.1) is 0 Å². The van der Waals surface area contributed by atoms with Gasteiger partial charge >= 0.3 is 0 Å². The summed E-state index contributed by atoms with van der Waals surface area (Å²) in [6.45, 7) is 4.32. The molecule has 4 rings (SSSR count). The maximum Gasteiger partial charge on any atom is 0.291 e. The second kappa shape index (κ2) is 9.91. The molecule has 0 saturated heterocycles. The third-order valence-electron chi connectivity index (χ3n) is 5.07. The van der Waals surface area contributed by atoms with Crippen LogP contribution in [0.25, 0.3) is 0 Å². The molecule has 0 spiro atoms. The van der Waals surface area contributed by atoms with Crippen molar-refractivity contribution in [2.75, 3.05) is 5.32 Å². The number of anilines is 1. The average molecular weight is 505 g/mol. The minimum atomic E-state index is -0.384. The molecule has 1 N–H and O–H groups in total. The van der Waals surface area contributed by atoms with Gasteiger partial charge < -0.3 is 14.5 Å². The summed E-state index contributed by atoms with van der Waals surface area (Å²) in [5, 5.41) is 8.82. The lowest BCUT2D eigenvalue weighted by Crippen LogP contribution is -2.12. The highest BCUT2D eigenvalue weighted by Crippen LogP contribution is 2.32. The lowest BCUT2D eigenvalue weighted by molar-refractivity contribution is 0.0992. The molecule has 2 heterocycles. The molecule has 33 heavy (non-hydrogen) atoms. The monoisotopic (exact) mass is 503 g/mol. The van der Waals surface area contributed by atoms with Crippen molar-refractivity contribution in [3.05, 3.63) is 98.1 Å². The Balaban J connectivity index is 1.44. The van der Waals surface area contributed by atoms with Gasteiger partial charge in [0.1, 0.15) is 23.1 Å². The Morgan fingerprint density at radius 3 is 2.58 bits per heavy atom. The minimum absolute atomic E-state index is 0.0984. The smallest absolute Gasteiger partial charge is 0.291 e. The summed E-state index contributed by atoms with van der Waals surface area (Å²) in [6.07, 6.45) is 0. The lowest BCUT2D eigenvalue weighted by Gasteiger charge is -2.08. The van der Waals surface area contributed by atoms with Gasteiger partial charge in [0.15, 0.2) is 5.76 Å². The van der Waals surface area contributed by atoms with Crippen molar-refractivity contribution in [2.45, 2.75) is 27.0 Å². The van der Waals surface area contributed by atoms with E-state index in [1.54, 1.807) is 30.3 Å². The second-order valence-corrected chi connectivity index (χ2v) is 8.55. The molecule has 2 aromatic heterocycles. The number of nitrogens with one attached hydrogen (secondary N) is 1. The molecule has 9 heteroatoms. The Kier molecular flexibility index (Phi) is 6.98. The van der Waals surface area contributed by atoms with Crippen LogP contribution >= 0.6 is 34.8 Å². The first-order chi connectivity index (χ1) is 15.8. The van der Waals surface area contributed by atoms with Crippen molar-refractivity contribution in [1.82, 2.24) is 9.78 Å². The number of hydrogen-bond acceptors (Lipinski definition) is 4. The standard InChI is InChI=1S/C24H20Cl3N3O3/c1-14-23(15(2)30(29-14)12-16-6-3-4-7-18(16)25)28-24(31)21-11-10-17(33-21)13-32-20-9-5-8-19(26)22(20)27/h3-11H,12-13H2,1-2H3,(H,28,31). The van der Waals surface area contributed by atoms with Crippen molar-refractivity contribution < 1.29 is 13.9 Å². The number of hydrogen-bond donors (Lipinski definition) is 1. The number of halogens is 3.